The van der Waals surface area contributed by atoms with Crippen molar-refractivity contribution in [2.75, 3.05) is 18.8 Å². The van der Waals surface area contributed by atoms with Crippen LogP contribution in [0.25, 0.3) is 0 Å². The van der Waals surface area contributed by atoms with Gasteiger partial charge in [-0.1, -0.05) is 15.3 Å². The zero-order chi connectivity index (χ0) is 12.0. The summed E-state index contributed by atoms with van der Waals surface area (Å²) in [5, 5.41) is 0. The fourth-order valence-electron chi connectivity index (χ4n) is 0.825. The van der Waals surface area contributed by atoms with Crippen LogP contribution in [0.15, 0.2) is 0 Å². The van der Waals surface area contributed by atoms with E-state index in [-0.39, 0.29) is 0 Å². The largest absolute Gasteiger partial charge is 0.514 e. The maximum absolute atomic E-state index is 11.2. The number of rotatable bonds is 3. The molecule has 86 valence electrons. The highest BCUT2D eigenvalue weighted by atomic mass is 79.9. The molecule has 0 aliphatic heterocycles. The molecular weight excluding hydrogens is 336 g/mol. The molecule has 0 aromatic rings. The summed E-state index contributed by atoms with van der Waals surface area (Å²) in [7, 11) is -12.6. The molecule has 0 saturated heterocycles. The summed E-state index contributed by atoms with van der Waals surface area (Å²) >= 11 is 2.42. The first-order valence-corrected chi connectivity index (χ1v) is 15.1. The van der Waals surface area contributed by atoms with Gasteiger partial charge in [0.15, 0.2) is 27.9 Å². The van der Waals surface area contributed by atoms with Crippen molar-refractivity contribution >= 4 is 47.3 Å². The Kier molecular flexibility index (Phi) is 3.68. The summed E-state index contributed by atoms with van der Waals surface area (Å²) in [6.07, 6.45) is 1.78. The summed E-state index contributed by atoms with van der Waals surface area (Å²) in [4.78, 5) is 0. The third-order valence-electron chi connectivity index (χ3n) is 1.33. The van der Waals surface area contributed by atoms with Crippen LogP contribution < -0.4 is 0 Å². The first-order chi connectivity index (χ1) is 5.75. The number of halogens is 1. The Labute approximate surface area is 91.0 Å². The van der Waals surface area contributed by atoms with Gasteiger partial charge in [-0.2, -0.15) is 0 Å². The van der Waals surface area contributed by atoms with E-state index in [9.17, 15) is 25.3 Å². The van der Waals surface area contributed by atoms with Crippen molar-refractivity contribution in [2.45, 2.75) is 0 Å². The van der Waals surface area contributed by atoms with E-state index in [2.05, 4.69) is 15.3 Å². The third kappa shape index (κ3) is 2.20. The van der Waals surface area contributed by atoms with Gasteiger partial charge in [-0.3, -0.25) is 0 Å². The summed E-state index contributed by atoms with van der Waals surface area (Å²) < 4.78 is 62.6. The van der Waals surface area contributed by atoms with E-state index in [1.807, 2.05) is 0 Å². The molecule has 0 aromatic heterocycles. The molecule has 0 aliphatic carbocycles. The maximum Gasteiger partial charge on any atom is 0.514 e. The van der Waals surface area contributed by atoms with E-state index in [1.54, 1.807) is 0 Å². The molecule has 0 unspecified atom stereocenters. The molecule has 0 aliphatic rings. The van der Waals surface area contributed by atoms with Crippen LogP contribution >= 0.6 is 15.3 Å². The van der Waals surface area contributed by atoms with Crippen molar-refractivity contribution in [3.8, 4) is 0 Å². The van der Waals surface area contributed by atoms with E-state index >= 15 is 0 Å². The van der Waals surface area contributed by atoms with Crippen LogP contribution in [0.5, 0.6) is 0 Å². The number of hydrogen-bond donors (Lipinski definition) is 0. The van der Waals surface area contributed by atoms with Gasteiger partial charge in [0, 0.05) is 18.8 Å². The Morgan fingerprint density at radius 2 is 0.857 bits per heavy atom. The quantitative estimate of drug-likeness (QED) is 0.478. The van der Waals surface area contributed by atoms with Crippen molar-refractivity contribution in [3.05, 3.63) is 0 Å². The molecule has 0 rings (SSSR count). The standard InChI is InChI=1S/C3H9BrO6S3Si/c1-11(5,6)14(4,12(2,7)8)13(3,9)10/h1-3H3. The Morgan fingerprint density at radius 3 is 0.857 bits per heavy atom. The summed E-state index contributed by atoms with van der Waals surface area (Å²) in [5.41, 5.74) is 0. The minimum atomic E-state index is -4.62. The predicted molar refractivity (Wildman–Crippen MR) is 59.2 cm³/mol. The fourth-order valence-corrected chi connectivity index (χ4v) is 22.3. The minimum absolute atomic E-state index is 0.593. The van der Waals surface area contributed by atoms with Gasteiger partial charge < -0.3 is 0 Å². The van der Waals surface area contributed by atoms with E-state index in [4.69, 9.17) is 0 Å². The molecule has 0 aromatic carbocycles. The van der Waals surface area contributed by atoms with Crippen LogP contribution in [0.4, 0.5) is 0 Å². The molecule has 0 heterocycles. The highest BCUT2D eigenvalue weighted by molar-refractivity contribution is 9.43. The lowest BCUT2D eigenvalue weighted by Crippen LogP contribution is -2.52. The van der Waals surface area contributed by atoms with E-state index < -0.39 is 32.0 Å². The molecule has 0 N–H and O–H groups in total. The van der Waals surface area contributed by atoms with Crippen LogP contribution in [0.2, 0.25) is 0 Å². The molecule has 14 heavy (non-hydrogen) atoms. The van der Waals surface area contributed by atoms with Gasteiger partial charge in [0.05, 0.1) is 0 Å². The van der Waals surface area contributed by atoms with Crippen LogP contribution in [0.3, 0.4) is 0 Å². The summed E-state index contributed by atoms with van der Waals surface area (Å²) in [6.45, 7) is 0. The SMILES string of the molecule is CS(=O)(=O)[Si](Br)(S(C)(=O)=O)S(C)(=O)=O. The van der Waals surface area contributed by atoms with Gasteiger partial charge >= 0.3 is 4.14 Å². The molecule has 0 fully saturated rings. The molecule has 0 atom stereocenters. The van der Waals surface area contributed by atoms with Crippen molar-refractivity contribution in [1.29, 1.82) is 0 Å². The monoisotopic (exact) mass is 344 g/mol. The van der Waals surface area contributed by atoms with Crippen molar-refractivity contribution in [1.82, 2.24) is 0 Å². The zero-order valence-electron chi connectivity index (χ0n) is 7.55. The van der Waals surface area contributed by atoms with Gasteiger partial charge in [0.25, 0.3) is 0 Å². The van der Waals surface area contributed by atoms with Crippen molar-refractivity contribution in [2.24, 2.45) is 0 Å². The average molecular weight is 345 g/mol. The average Bonchev–Trinajstić information content (AvgIpc) is 1.77. The van der Waals surface area contributed by atoms with E-state index in [0.717, 1.165) is 0 Å². The van der Waals surface area contributed by atoms with Crippen LogP contribution in [0.1, 0.15) is 0 Å². The van der Waals surface area contributed by atoms with Crippen LogP contribution in [0, 0.1) is 0 Å². The first-order valence-electron chi connectivity index (χ1n) is 3.03. The Bertz CT molecular complexity index is 448. The van der Waals surface area contributed by atoms with Gasteiger partial charge in [-0.15, -0.1) is 0 Å². The maximum atomic E-state index is 11.2. The van der Waals surface area contributed by atoms with Gasteiger partial charge in [0.2, 0.25) is 0 Å². The van der Waals surface area contributed by atoms with Gasteiger partial charge in [-0.05, 0) is 0 Å². The van der Waals surface area contributed by atoms with Crippen LogP contribution in [-0.2, 0) is 27.9 Å². The lowest BCUT2D eigenvalue weighted by Gasteiger charge is -2.17. The second kappa shape index (κ2) is 3.54. The first kappa shape index (κ1) is 14.5. The van der Waals surface area contributed by atoms with Crippen LogP contribution in [-0.4, -0.2) is 48.2 Å². The third-order valence-corrected chi connectivity index (χ3v) is 44.2. The molecule has 0 amide bonds. The molecule has 11 heteroatoms. The lowest BCUT2D eigenvalue weighted by molar-refractivity contribution is 0.607. The van der Waals surface area contributed by atoms with Crippen molar-refractivity contribution < 1.29 is 25.3 Å². The highest BCUT2D eigenvalue weighted by Crippen LogP contribution is 2.30. The predicted octanol–water partition coefficient (Wildman–Crippen LogP) is -1.05. The molecular formula is C3H9BrO6S3Si. The van der Waals surface area contributed by atoms with Crippen molar-refractivity contribution in [3.63, 3.8) is 0 Å². The molecule has 0 spiro atoms. The topological polar surface area (TPSA) is 102 Å². The van der Waals surface area contributed by atoms with E-state index in [0.29, 0.717) is 18.8 Å². The summed E-state index contributed by atoms with van der Waals surface area (Å²) in [6, 6.07) is 0. The van der Waals surface area contributed by atoms with E-state index in [1.165, 1.54) is 0 Å². The Morgan fingerprint density at radius 1 is 0.714 bits per heavy atom. The molecule has 6 nitrogen and oxygen atoms in total. The molecule has 0 saturated carbocycles. The van der Waals surface area contributed by atoms with Gasteiger partial charge in [-0.25, -0.2) is 25.3 Å². The molecule has 0 radical (unpaired) electrons. The fraction of sp³-hybridized carbons (Fsp3) is 1.00. The smallest absolute Gasteiger partial charge is 0.233 e. The molecule has 0 bridgehead atoms. The Hall–Kier alpha value is 0.547. The number of hydrogen-bond acceptors (Lipinski definition) is 6. The highest BCUT2D eigenvalue weighted by Gasteiger charge is 2.63. The normalized spacial score (nSPS) is 15.4. The van der Waals surface area contributed by atoms with Gasteiger partial charge in [0.1, 0.15) is 0 Å². The lowest BCUT2D eigenvalue weighted by atomic mass is 12.0. The second-order valence-electron chi connectivity index (χ2n) is 2.80. The Balaban J connectivity index is 6.41. The summed E-state index contributed by atoms with van der Waals surface area (Å²) in [5.74, 6) is 0. The zero-order valence-corrected chi connectivity index (χ0v) is 12.6. The second-order valence-corrected chi connectivity index (χ2v) is 31.2. The minimum Gasteiger partial charge on any atom is -0.233 e.